The zero-order valence-electron chi connectivity index (χ0n) is 15.2. The first-order chi connectivity index (χ1) is 11.3. The molecular formula is C21H31ClO2. The smallest absolute Gasteiger partial charge is 0.133 e. The number of Topliss-reactive ketones (excluding diaryl/α,β-unsaturated/α-hetero) is 1. The monoisotopic (exact) mass is 350 g/mol. The van der Waals surface area contributed by atoms with E-state index >= 15 is 0 Å². The number of carbonyl (C=O) groups is 1. The van der Waals surface area contributed by atoms with Crippen LogP contribution in [0.1, 0.15) is 65.7 Å². The first-order valence-corrected chi connectivity index (χ1v) is 10.2. The van der Waals surface area contributed by atoms with Gasteiger partial charge in [-0.05, 0) is 80.5 Å². The van der Waals surface area contributed by atoms with Crippen molar-refractivity contribution in [3.8, 4) is 0 Å². The number of halogens is 1. The highest BCUT2D eigenvalue weighted by atomic mass is 35.5. The zero-order chi connectivity index (χ0) is 17.3. The molecule has 0 amide bonds. The molecule has 0 aromatic rings. The summed E-state index contributed by atoms with van der Waals surface area (Å²) in [6.45, 7) is 6.57. The lowest BCUT2D eigenvalue weighted by Crippen LogP contribution is -2.54. The minimum absolute atomic E-state index is 0.0682. The predicted molar refractivity (Wildman–Crippen MR) is 96.9 cm³/mol. The number of rotatable bonds is 1. The van der Waals surface area contributed by atoms with Gasteiger partial charge in [-0.1, -0.05) is 25.5 Å². The Morgan fingerprint density at radius 3 is 2.62 bits per heavy atom. The van der Waals surface area contributed by atoms with Crippen LogP contribution in [0.5, 0.6) is 0 Å². The van der Waals surface area contributed by atoms with Crippen molar-refractivity contribution in [1.82, 2.24) is 0 Å². The van der Waals surface area contributed by atoms with Crippen LogP contribution in [0.15, 0.2) is 11.6 Å². The highest BCUT2D eigenvalue weighted by Crippen LogP contribution is 2.66. The normalized spacial score (nSPS) is 53.6. The number of hydrogen-bond donors (Lipinski definition) is 1. The van der Waals surface area contributed by atoms with E-state index in [1.54, 1.807) is 6.92 Å². The van der Waals surface area contributed by atoms with Crippen molar-refractivity contribution < 1.29 is 9.90 Å². The largest absolute Gasteiger partial charge is 0.393 e. The van der Waals surface area contributed by atoms with Gasteiger partial charge in [-0.15, -0.1) is 11.6 Å². The molecule has 2 nitrogen and oxygen atoms in total. The number of ketones is 1. The van der Waals surface area contributed by atoms with Gasteiger partial charge in [0.05, 0.1) is 11.5 Å². The van der Waals surface area contributed by atoms with Crippen molar-refractivity contribution in [2.75, 3.05) is 0 Å². The third-order valence-corrected chi connectivity index (χ3v) is 8.97. The Bertz CT molecular complexity index is 584. The van der Waals surface area contributed by atoms with Gasteiger partial charge < -0.3 is 5.11 Å². The second-order valence-corrected chi connectivity index (χ2v) is 10.0. The van der Waals surface area contributed by atoms with Gasteiger partial charge in [0.2, 0.25) is 0 Å². The standard InChI is InChI=1S/C21H31ClO2/c1-12(23)15-4-5-16-19-17(7-9-21(15,16)3)20(2)8-6-14(24)10-13(20)11-18(19)22/h11,14-19,24H,4-10H2,1-3H3/t14-,15+,16-,17-,18?,19-,20-,21+/m0/s1. The van der Waals surface area contributed by atoms with E-state index in [2.05, 4.69) is 19.9 Å². The first-order valence-electron chi connectivity index (χ1n) is 9.81. The third kappa shape index (κ3) is 2.21. The van der Waals surface area contributed by atoms with Crippen molar-refractivity contribution in [1.29, 1.82) is 0 Å². The van der Waals surface area contributed by atoms with Gasteiger partial charge in [0.15, 0.2) is 0 Å². The van der Waals surface area contributed by atoms with Gasteiger partial charge in [0.25, 0.3) is 0 Å². The molecule has 0 aliphatic heterocycles. The molecule has 4 aliphatic carbocycles. The third-order valence-electron chi connectivity index (χ3n) is 8.56. The molecule has 24 heavy (non-hydrogen) atoms. The van der Waals surface area contributed by atoms with Crippen LogP contribution in [0.3, 0.4) is 0 Å². The molecule has 134 valence electrons. The van der Waals surface area contributed by atoms with E-state index in [-0.39, 0.29) is 28.2 Å². The quantitative estimate of drug-likeness (QED) is 0.548. The van der Waals surface area contributed by atoms with E-state index in [0.29, 0.717) is 23.5 Å². The summed E-state index contributed by atoms with van der Waals surface area (Å²) in [7, 11) is 0. The molecule has 4 aliphatic rings. The van der Waals surface area contributed by atoms with Crippen LogP contribution in [-0.4, -0.2) is 22.4 Å². The number of aliphatic hydroxyl groups excluding tert-OH is 1. The predicted octanol–water partition coefficient (Wildman–Crippen LogP) is 4.73. The van der Waals surface area contributed by atoms with Crippen LogP contribution in [0.25, 0.3) is 0 Å². The highest BCUT2D eigenvalue weighted by molar-refractivity contribution is 6.22. The number of allylic oxidation sites excluding steroid dienone is 1. The maximum Gasteiger partial charge on any atom is 0.133 e. The number of aliphatic hydroxyl groups is 1. The number of hydrogen-bond acceptors (Lipinski definition) is 2. The Balaban J connectivity index is 1.71. The van der Waals surface area contributed by atoms with Gasteiger partial charge in [0.1, 0.15) is 5.78 Å². The number of alkyl halides is 1. The molecule has 0 radical (unpaired) electrons. The SMILES string of the molecule is CC(=O)[C@H]1CC[C@H]2[C@@H]3C(Cl)C=C4C[C@@H](O)CC[C@]4(C)[C@H]3CC[C@]12C. The summed E-state index contributed by atoms with van der Waals surface area (Å²) in [6, 6.07) is 0. The molecule has 3 heteroatoms. The molecular weight excluding hydrogens is 320 g/mol. The van der Waals surface area contributed by atoms with E-state index in [4.69, 9.17) is 11.6 Å². The van der Waals surface area contributed by atoms with Crippen LogP contribution in [0.4, 0.5) is 0 Å². The zero-order valence-corrected chi connectivity index (χ0v) is 16.0. The molecule has 4 rings (SSSR count). The molecule has 3 saturated carbocycles. The Labute approximate surface area is 151 Å². The summed E-state index contributed by atoms with van der Waals surface area (Å²) in [4.78, 5) is 12.2. The van der Waals surface area contributed by atoms with E-state index in [9.17, 15) is 9.90 Å². The van der Waals surface area contributed by atoms with Crippen molar-refractivity contribution in [3.05, 3.63) is 11.6 Å². The van der Waals surface area contributed by atoms with Crippen molar-refractivity contribution in [2.45, 2.75) is 77.2 Å². The average Bonchev–Trinajstić information content (AvgIpc) is 2.86. The van der Waals surface area contributed by atoms with E-state index in [1.807, 2.05) is 0 Å². The van der Waals surface area contributed by atoms with E-state index in [0.717, 1.165) is 38.5 Å². The maximum absolute atomic E-state index is 12.2. The summed E-state index contributed by atoms with van der Waals surface area (Å²) in [6.07, 6.45) is 9.48. The number of carbonyl (C=O) groups excluding carboxylic acids is 1. The van der Waals surface area contributed by atoms with E-state index in [1.165, 1.54) is 12.0 Å². The molecule has 0 heterocycles. The molecule has 8 atom stereocenters. The molecule has 0 spiro atoms. The van der Waals surface area contributed by atoms with Crippen molar-refractivity contribution in [2.24, 2.45) is 34.5 Å². The summed E-state index contributed by atoms with van der Waals surface area (Å²) in [5, 5.41) is 10.2. The highest BCUT2D eigenvalue weighted by Gasteiger charge is 2.61. The van der Waals surface area contributed by atoms with Crippen LogP contribution in [-0.2, 0) is 4.79 Å². The average molecular weight is 351 g/mol. The molecule has 0 bridgehead atoms. The molecule has 0 aromatic carbocycles. The Morgan fingerprint density at radius 1 is 1.17 bits per heavy atom. The molecule has 1 unspecified atom stereocenters. The van der Waals surface area contributed by atoms with Gasteiger partial charge in [-0.2, -0.15) is 0 Å². The summed E-state index contributed by atoms with van der Waals surface area (Å²) in [5.41, 5.74) is 1.77. The molecule has 0 saturated heterocycles. The fourth-order valence-electron chi connectivity index (χ4n) is 7.25. The second kappa shape index (κ2) is 5.58. The fourth-order valence-corrected chi connectivity index (χ4v) is 7.75. The van der Waals surface area contributed by atoms with Crippen LogP contribution >= 0.6 is 11.6 Å². The molecule has 1 N–H and O–H groups in total. The minimum Gasteiger partial charge on any atom is -0.393 e. The van der Waals surface area contributed by atoms with Gasteiger partial charge in [0, 0.05) is 5.92 Å². The summed E-state index contributed by atoms with van der Waals surface area (Å²) < 4.78 is 0. The fraction of sp³-hybridized carbons (Fsp3) is 0.857. The topological polar surface area (TPSA) is 37.3 Å². The van der Waals surface area contributed by atoms with Gasteiger partial charge in [-0.25, -0.2) is 0 Å². The molecule has 3 fully saturated rings. The first kappa shape index (κ1) is 17.1. The van der Waals surface area contributed by atoms with Gasteiger partial charge in [-0.3, -0.25) is 4.79 Å². The number of fused-ring (bicyclic) bond motifs is 5. The van der Waals surface area contributed by atoms with Crippen molar-refractivity contribution >= 4 is 17.4 Å². The second-order valence-electron chi connectivity index (χ2n) is 9.53. The van der Waals surface area contributed by atoms with Crippen molar-refractivity contribution in [3.63, 3.8) is 0 Å². The Morgan fingerprint density at radius 2 is 1.92 bits per heavy atom. The lowest BCUT2D eigenvalue weighted by Gasteiger charge is -2.59. The minimum atomic E-state index is -0.188. The Kier molecular flexibility index (Phi) is 3.97. The van der Waals surface area contributed by atoms with Gasteiger partial charge >= 0.3 is 0 Å². The lowest BCUT2D eigenvalue weighted by atomic mass is 9.47. The lowest BCUT2D eigenvalue weighted by molar-refractivity contribution is -0.127. The summed E-state index contributed by atoms with van der Waals surface area (Å²) in [5.74, 6) is 2.31. The van der Waals surface area contributed by atoms with Crippen LogP contribution in [0, 0.1) is 34.5 Å². The van der Waals surface area contributed by atoms with Crippen LogP contribution < -0.4 is 0 Å². The maximum atomic E-state index is 12.2. The van der Waals surface area contributed by atoms with E-state index < -0.39 is 0 Å². The molecule has 0 aromatic heterocycles. The summed E-state index contributed by atoms with van der Waals surface area (Å²) >= 11 is 6.93. The van der Waals surface area contributed by atoms with Crippen LogP contribution in [0.2, 0.25) is 0 Å². The Hall–Kier alpha value is -0.340.